The van der Waals surface area contributed by atoms with Crippen LogP contribution in [0.2, 0.25) is 5.02 Å². The summed E-state index contributed by atoms with van der Waals surface area (Å²) in [5.41, 5.74) is 7.81. The minimum Gasteiger partial charge on any atom is -0.369 e. The SMILES string of the molecule is Nc1nc2c(c(=O)[nH]1)CN(c1ccc(Cl)cc1)C2. The number of nitrogen functional groups attached to an aromatic ring is 1. The van der Waals surface area contributed by atoms with Gasteiger partial charge in [0.05, 0.1) is 24.3 Å². The fourth-order valence-corrected chi connectivity index (χ4v) is 2.25. The molecule has 0 fully saturated rings. The zero-order valence-electron chi connectivity index (χ0n) is 9.48. The Bertz CT molecular complexity index is 650. The highest BCUT2D eigenvalue weighted by atomic mass is 35.5. The Hall–Kier alpha value is -2.01. The molecule has 92 valence electrons. The van der Waals surface area contributed by atoms with E-state index in [1.54, 1.807) is 0 Å². The lowest BCUT2D eigenvalue weighted by molar-refractivity contribution is 0.870. The first-order chi connectivity index (χ1) is 8.63. The van der Waals surface area contributed by atoms with Gasteiger partial charge in [-0.1, -0.05) is 11.6 Å². The fourth-order valence-electron chi connectivity index (χ4n) is 2.12. The minimum atomic E-state index is -0.158. The molecule has 1 aliphatic rings. The summed E-state index contributed by atoms with van der Waals surface area (Å²) in [4.78, 5) is 20.5. The van der Waals surface area contributed by atoms with E-state index in [9.17, 15) is 4.79 Å². The molecule has 0 radical (unpaired) electrons. The van der Waals surface area contributed by atoms with E-state index in [4.69, 9.17) is 17.3 Å². The number of halogens is 1. The summed E-state index contributed by atoms with van der Waals surface area (Å²) in [6, 6.07) is 7.50. The van der Waals surface area contributed by atoms with Crippen molar-refractivity contribution in [3.05, 3.63) is 50.9 Å². The molecule has 0 unspecified atom stereocenters. The average molecular weight is 263 g/mol. The normalized spacial score (nSPS) is 13.7. The third-order valence-electron chi connectivity index (χ3n) is 3.00. The Balaban J connectivity index is 1.95. The summed E-state index contributed by atoms with van der Waals surface area (Å²) in [6.07, 6.45) is 0. The van der Waals surface area contributed by atoms with Gasteiger partial charge in [-0.15, -0.1) is 0 Å². The summed E-state index contributed by atoms with van der Waals surface area (Å²) >= 11 is 5.85. The lowest BCUT2D eigenvalue weighted by atomic mass is 10.3. The molecule has 0 amide bonds. The highest BCUT2D eigenvalue weighted by molar-refractivity contribution is 6.30. The average Bonchev–Trinajstić information content (AvgIpc) is 2.74. The molecular weight excluding hydrogens is 252 g/mol. The van der Waals surface area contributed by atoms with E-state index in [2.05, 4.69) is 14.9 Å². The van der Waals surface area contributed by atoms with Gasteiger partial charge in [0.1, 0.15) is 0 Å². The topological polar surface area (TPSA) is 75.0 Å². The number of nitrogens with two attached hydrogens (primary N) is 1. The van der Waals surface area contributed by atoms with Crippen molar-refractivity contribution < 1.29 is 0 Å². The van der Waals surface area contributed by atoms with Crippen LogP contribution in [0.4, 0.5) is 11.6 Å². The number of hydrogen-bond donors (Lipinski definition) is 2. The molecule has 1 aromatic carbocycles. The van der Waals surface area contributed by atoms with Crippen LogP contribution in [-0.4, -0.2) is 9.97 Å². The number of nitrogens with zero attached hydrogens (tertiary/aromatic N) is 2. The first-order valence-corrected chi connectivity index (χ1v) is 5.89. The van der Waals surface area contributed by atoms with Crippen molar-refractivity contribution >= 4 is 23.2 Å². The van der Waals surface area contributed by atoms with Gasteiger partial charge >= 0.3 is 0 Å². The maximum Gasteiger partial charge on any atom is 0.257 e. The Morgan fingerprint density at radius 2 is 2.00 bits per heavy atom. The van der Waals surface area contributed by atoms with Crippen molar-refractivity contribution in [1.29, 1.82) is 0 Å². The Labute approximate surface area is 108 Å². The van der Waals surface area contributed by atoms with Gasteiger partial charge in [0.2, 0.25) is 5.95 Å². The molecule has 0 saturated heterocycles. The van der Waals surface area contributed by atoms with Crippen LogP contribution in [0.3, 0.4) is 0 Å². The van der Waals surface area contributed by atoms with Crippen LogP contribution < -0.4 is 16.2 Å². The van der Waals surface area contributed by atoms with E-state index in [1.165, 1.54) is 0 Å². The molecule has 2 heterocycles. The molecule has 1 aromatic heterocycles. The number of aromatic amines is 1. The highest BCUT2D eigenvalue weighted by Gasteiger charge is 2.23. The Morgan fingerprint density at radius 1 is 1.28 bits per heavy atom. The van der Waals surface area contributed by atoms with Gasteiger partial charge in [-0.25, -0.2) is 4.98 Å². The zero-order valence-corrected chi connectivity index (χ0v) is 10.2. The van der Waals surface area contributed by atoms with Crippen molar-refractivity contribution in [3.8, 4) is 0 Å². The van der Waals surface area contributed by atoms with Crippen LogP contribution in [0, 0.1) is 0 Å². The predicted molar refractivity (Wildman–Crippen MR) is 70.6 cm³/mol. The molecule has 3 rings (SSSR count). The highest BCUT2D eigenvalue weighted by Crippen LogP contribution is 2.26. The quantitative estimate of drug-likeness (QED) is 0.817. The number of rotatable bonds is 1. The van der Waals surface area contributed by atoms with Crippen LogP contribution in [0.25, 0.3) is 0 Å². The van der Waals surface area contributed by atoms with Crippen molar-refractivity contribution in [3.63, 3.8) is 0 Å². The van der Waals surface area contributed by atoms with E-state index < -0.39 is 0 Å². The predicted octanol–water partition coefficient (Wildman–Crippen LogP) is 1.53. The third-order valence-corrected chi connectivity index (χ3v) is 3.25. The van der Waals surface area contributed by atoms with Gasteiger partial charge in [0.15, 0.2) is 0 Å². The van der Waals surface area contributed by atoms with Crippen LogP contribution in [-0.2, 0) is 13.1 Å². The molecule has 0 atom stereocenters. The van der Waals surface area contributed by atoms with Crippen LogP contribution in [0.5, 0.6) is 0 Å². The molecule has 18 heavy (non-hydrogen) atoms. The molecule has 0 saturated carbocycles. The number of hydrogen-bond acceptors (Lipinski definition) is 4. The summed E-state index contributed by atoms with van der Waals surface area (Å²) < 4.78 is 0. The minimum absolute atomic E-state index is 0.158. The number of nitrogens with one attached hydrogen (secondary N) is 1. The number of aromatic nitrogens is 2. The molecule has 0 spiro atoms. The van der Waals surface area contributed by atoms with E-state index in [0.29, 0.717) is 23.7 Å². The fraction of sp³-hybridized carbons (Fsp3) is 0.167. The third kappa shape index (κ3) is 1.82. The van der Waals surface area contributed by atoms with Gasteiger partial charge in [-0.05, 0) is 24.3 Å². The second kappa shape index (κ2) is 4.03. The second-order valence-corrected chi connectivity index (χ2v) is 4.65. The molecule has 0 aliphatic carbocycles. The molecule has 6 heteroatoms. The van der Waals surface area contributed by atoms with Crippen LogP contribution >= 0.6 is 11.6 Å². The molecule has 0 bridgehead atoms. The van der Waals surface area contributed by atoms with E-state index in [0.717, 1.165) is 11.4 Å². The van der Waals surface area contributed by atoms with Crippen molar-refractivity contribution in [2.45, 2.75) is 13.1 Å². The lowest BCUT2D eigenvalue weighted by Gasteiger charge is -2.16. The summed E-state index contributed by atoms with van der Waals surface area (Å²) in [5.74, 6) is 0.164. The lowest BCUT2D eigenvalue weighted by Crippen LogP contribution is -2.18. The van der Waals surface area contributed by atoms with E-state index >= 15 is 0 Å². The van der Waals surface area contributed by atoms with E-state index in [1.807, 2.05) is 24.3 Å². The number of H-pyrrole nitrogens is 1. The second-order valence-electron chi connectivity index (χ2n) is 4.21. The van der Waals surface area contributed by atoms with Crippen LogP contribution in [0.15, 0.2) is 29.1 Å². The number of benzene rings is 1. The monoisotopic (exact) mass is 262 g/mol. The van der Waals surface area contributed by atoms with Crippen molar-refractivity contribution in [1.82, 2.24) is 9.97 Å². The summed E-state index contributed by atoms with van der Waals surface area (Å²) in [5, 5.41) is 0.690. The molecule has 2 aromatic rings. The molecular formula is C12H11ClN4O. The van der Waals surface area contributed by atoms with Gasteiger partial charge < -0.3 is 10.6 Å². The Morgan fingerprint density at radius 3 is 2.72 bits per heavy atom. The largest absolute Gasteiger partial charge is 0.369 e. The standard InChI is InChI=1S/C12H11ClN4O/c13-7-1-3-8(4-2-7)17-5-9-10(6-17)15-12(14)16-11(9)18/h1-4H,5-6H2,(H3,14,15,16,18). The summed E-state index contributed by atoms with van der Waals surface area (Å²) in [7, 11) is 0. The smallest absolute Gasteiger partial charge is 0.257 e. The maximum atomic E-state index is 11.7. The maximum absolute atomic E-state index is 11.7. The van der Waals surface area contributed by atoms with Crippen molar-refractivity contribution in [2.24, 2.45) is 0 Å². The first kappa shape index (κ1) is 11.1. The number of fused-ring (bicyclic) bond motifs is 1. The van der Waals surface area contributed by atoms with Crippen molar-refractivity contribution in [2.75, 3.05) is 10.6 Å². The Kier molecular flexibility index (Phi) is 2.48. The van der Waals surface area contributed by atoms with Gasteiger partial charge in [-0.3, -0.25) is 9.78 Å². The first-order valence-electron chi connectivity index (χ1n) is 5.51. The van der Waals surface area contributed by atoms with Gasteiger partial charge in [0, 0.05) is 10.7 Å². The molecule has 1 aliphatic heterocycles. The zero-order chi connectivity index (χ0) is 12.7. The molecule has 3 N–H and O–H groups in total. The van der Waals surface area contributed by atoms with E-state index in [-0.39, 0.29) is 11.5 Å². The number of anilines is 2. The summed E-state index contributed by atoms with van der Waals surface area (Å²) in [6.45, 7) is 1.13. The van der Waals surface area contributed by atoms with Crippen LogP contribution in [0.1, 0.15) is 11.3 Å². The van der Waals surface area contributed by atoms with Gasteiger partial charge in [-0.2, -0.15) is 0 Å². The molecule has 5 nitrogen and oxygen atoms in total. The van der Waals surface area contributed by atoms with Gasteiger partial charge in [0.25, 0.3) is 5.56 Å².